The lowest BCUT2D eigenvalue weighted by Gasteiger charge is -2.38. The van der Waals surface area contributed by atoms with E-state index in [0.29, 0.717) is 24.3 Å². The molecule has 1 saturated heterocycles. The third-order valence-electron chi connectivity index (χ3n) is 6.22. The zero-order chi connectivity index (χ0) is 17.3. The Morgan fingerprint density at radius 2 is 1.79 bits per heavy atom. The molecule has 4 heteroatoms. The quantitative estimate of drug-likeness (QED) is 0.737. The Kier molecular flexibility index (Phi) is 5.51. The minimum absolute atomic E-state index is 0.0620. The van der Waals surface area contributed by atoms with E-state index in [0.717, 1.165) is 45.1 Å². The van der Waals surface area contributed by atoms with Crippen LogP contribution in [0, 0.1) is 29.6 Å². The number of ether oxygens (including phenoxy) is 1. The standard InChI is InChI=1S/C20H33NO3/c1-13(2)17-9-6-14(3)11-18(17)24-20(23)16-5-4-10-21(12-16)19(22)15-7-8-15/h13-18H,4-12H2,1-3H3. The van der Waals surface area contributed by atoms with Crippen LogP contribution < -0.4 is 0 Å². The van der Waals surface area contributed by atoms with E-state index in [1.807, 2.05) is 4.90 Å². The second kappa shape index (κ2) is 7.45. The van der Waals surface area contributed by atoms with Crippen LogP contribution in [0.2, 0.25) is 0 Å². The highest BCUT2D eigenvalue weighted by atomic mass is 16.5. The lowest BCUT2D eigenvalue weighted by molar-refractivity contribution is -0.163. The number of carbonyl (C=O) groups excluding carboxylic acids is 2. The summed E-state index contributed by atoms with van der Waals surface area (Å²) in [5.41, 5.74) is 0. The van der Waals surface area contributed by atoms with E-state index >= 15 is 0 Å². The van der Waals surface area contributed by atoms with Crippen molar-refractivity contribution in [2.75, 3.05) is 13.1 Å². The van der Waals surface area contributed by atoms with Crippen molar-refractivity contribution < 1.29 is 14.3 Å². The number of piperidine rings is 1. The van der Waals surface area contributed by atoms with Gasteiger partial charge in [-0.1, -0.05) is 27.2 Å². The molecule has 3 rings (SSSR count). The highest BCUT2D eigenvalue weighted by Gasteiger charge is 2.39. The first-order chi connectivity index (χ1) is 11.5. The van der Waals surface area contributed by atoms with E-state index in [-0.39, 0.29) is 29.8 Å². The molecule has 0 radical (unpaired) electrons. The van der Waals surface area contributed by atoms with Crippen molar-refractivity contribution in [2.45, 2.75) is 71.8 Å². The molecule has 0 spiro atoms. The molecule has 3 fully saturated rings. The average molecular weight is 335 g/mol. The fourth-order valence-corrected chi connectivity index (χ4v) is 4.45. The van der Waals surface area contributed by atoms with Crippen molar-refractivity contribution >= 4 is 11.9 Å². The zero-order valence-corrected chi connectivity index (χ0v) is 15.5. The van der Waals surface area contributed by atoms with Gasteiger partial charge in [0.2, 0.25) is 5.91 Å². The topological polar surface area (TPSA) is 46.6 Å². The number of rotatable bonds is 4. The number of nitrogens with zero attached hydrogens (tertiary/aromatic N) is 1. The monoisotopic (exact) mass is 335 g/mol. The third kappa shape index (κ3) is 4.12. The third-order valence-corrected chi connectivity index (χ3v) is 6.22. The normalized spacial score (nSPS) is 34.2. The van der Waals surface area contributed by atoms with E-state index in [1.54, 1.807) is 0 Å². The molecule has 0 aromatic heterocycles. The molecule has 1 heterocycles. The number of hydrogen-bond acceptors (Lipinski definition) is 3. The number of amides is 1. The summed E-state index contributed by atoms with van der Waals surface area (Å²) in [6.07, 6.45) is 7.30. The maximum Gasteiger partial charge on any atom is 0.311 e. The van der Waals surface area contributed by atoms with Crippen molar-refractivity contribution in [3.05, 3.63) is 0 Å². The van der Waals surface area contributed by atoms with Crippen LogP contribution in [-0.4, -0.2) is 36.0 Å². The Bertz CT molecular complexity index is 472. The minimum atomic E-state index is -0.119. The summed E-state index contributed by atoms with van der Waals surface area (Å²) in [7, 11) is 0. The zero-order valence-electron chi connectivity index (χ0n) is 15.5. The molecule has 1 aliphatic heterocycles. The molecule has 2 aliphatic carbocycles. The average Bonchev–Trinajstić information content (AvgIpc) is 3.39. The van der Waals surface area contributed by atoms with Gasteiger partial charge in [-0.25, -0.2) is 0 Å². The predicted octanol–water partition coefficient (Wildman–Crippen LogP) is 3.64. The van der Waals surface area contributed by atoms with Crippen molar-refractivity contribution in [2.24, 2.45) is 29.6 Å². The number of hydrogen-bond donors (Lipinski definition) is 0. The molecule has 1 amide bonds. The Morgan fingerprint density at radius 3 is 2.46 bits per heavy atom. The lowest BCUT2D eigenvalue weighted by Crippen LogP contribution is -2.45. The van der Waals surface area contributed by atoms with Crippen LogP contribution in [0.1, 0.15) is 65.7 Å². The molecule has 0 bridgehead atoms. The van der Waals surface area contributed by atoms with E-state index in [2.05, 4.69) is 20.8 Å². The molecule has 4 unspecified atom stereocenters. The van der Waals surface area contributed by atoms with Crippen LogP contribution in [0.3, 0.4) is 0 Å². The highest BCUT2D eigenvalue weighted by Crippen LogP contribution is 2.36. The Morgan fingerprint density at radius 1 is 1.04 bits per heavy atom. The van der Waals surface area contributed by atoms with Gasteiger partial charge in [0.25, 0.3) is 0 Å². The van der Waals surface area contributed by atoms with Crippen molar-refractivity contribution in [1.29, 1.82) is 0 Å². The Labute approximate surface area is 146 Å². The van der Waals surface area contributed by atoms with Gasteiger partial charge >= 0.3 is 5.97 Å². The molecule has 0 N–H and O–H groups in total. The summed E-state index contributed by atoms with van der Waals surface area (Å²) in [4.78, 5) is 26.9. The summed E-state index contributed by atoms with van der Waals surface area (Å²) < 4.78 is 6.00. The number of carbonyl (C=O) groups is 2. The summed E-state index contributed by atoms with van der Waals surface area (Å²) in [6.45, 7) is 8.11. The van der Waals surface area contributed by atoms with Crippen LogP contribution in [0.25, 0.3) is 0 Å². The minimum Gasteiger partial charge on any atom is -0.462 e. The van der Waals surface area contributed by atoms with E-state index < -0.39 is 0 Å². The summed E-state index contributed by atoms with van der Waals surface area (Å²) in [5.74, 6) is 1.99. The molecule has 3 aliphatic rings. The van der Waals surface area contributed by atoms with Gasteiger partial charge in [-0.05, 0) is 56.3 Å². The number of esters is 1. The largest absolute Gasteiger partial charge is 0.462 e. The van der Waals surface area contributed by atoms with Gasteiger partial charge in [0, 0.05) is 19.0 Å². The molecule has 4 nitrogen and oxygen atoms in total. The van der Waals surface area contributed by atoms with Crippen molar-refractivity contribution in [3.8, 4) is 0 Å². The van der Waals surface area contributed by atoms with Gasteiger partial charge in [-0.3, -0.25) is 9.59 Å². The van der Waals surface area contributed by atoms with Crippen LogP contribution >= 0.6 is 0 Å². The molecule has 24 heavy (non-hydrogen) atoms. The van der Waals surface area contributed by atoms with Crippen LogP contribution in [-0.2, 0) is 14.3 Å². The second-order valence-corrected chi connectivity index (χ2v) is 8.70. The molecule has 136 valence electrons. The molecule has 0 aromatic carbocycles. The summed E-state index contributed by atoms with van der Waals surface area (Å²) in [6, 6.07) is 0. The maximum absolute atomic E-state index is 12.7. The fraction of sp³-hybridized carbons (Fsp3) is 0.900. The highest BCUT2D eigenvalue weighted by molar-refractivity contribution is 5.82. The van der Waals surface area contributed by atoms with E-state index in [9.17, 15) is 9.59 Å². The van der Waals surface area contributed by atoms with Crippen molar-refractivity contribution in [1.82, 2.24) is 4.90 Å². The van der Waals surface area contributed by atoms with E-state index in [1.165, 1.54) is 6.42 Å². The van der Waals surface area contributed by atoms with Crippen molar-refractivity contribution in [3.63, 3.8) is 0 Å². The van der Waals surface area contributed by atoms with Gasteiger partial charge in [-0.15, -0.1) is 0 Å². The second-order valence-electron chi connectivity index (χ2n) is 8.70. The van der Waals surface area contributed by atoms with Crippen LogP contribution in [0.15, 0.2) is 0 Å². The molecule has 2 saturated carbocycles. The van der Waals surface area contributed by atoms with E-state index in [4.69, 9.17) is 4.74 Å². The lowest BCUT2D eigenvalue weighted by atomic mass is 9.75. The van der Waals surface area contributed by atoms with Gasteiger partial charge < -0.3 is 9.64 Å². The molecular weight excluding hydrogens is 302 g/mol. The van der Waals surface area contributed by atoms with Gasteiger partial charge in [0.05, 0.1) is 5.92 Å². The summed E-state index contributed by atoms with van der Waals surface area (Å²) >= 11 is 0. The Balaban J connectivity index is 1.57. The van der Waals surface area contributed by atoms with Gasteiger partial charge in [0.1, 0.15) is 6.10 Å². The first-order valence-electron chi connectivity index (χ1n) is 9.95. The fourth-order valence-electron chi connectivity index (χ4n) is 4.45. The van der Waals surface area contributed by atoms with Crippen LogP contribution in [0.5, 0.6) is 0 Å². The SMILES string of the molecule is CC1CCC(C(C)C)C(OC(=O)C2CCCN(C(=O)C3CC3)C2)C1. The van der Waals surface area contributed by atoms with Gasteiger partial charge in [0.15, 0.2) is 0 Å². The number of likely N-dealkylation sites (tertiary alicyclic amines) is 1. The summed E-state index contributed by atoms with van der Waals surface area (Å²) in [5, 5.41) is 0. The first-order valence-corrected chi connectivity index (χ1v) is 9.95. The predicted molar refractivity (Wildman–Crippen MR) is 93.3 cm³/mol. The molecule has 4 atom stereocenters. The van der Waals surface area contributed by atoms with Crippen LogP contribution in [0.4, 0.5) is 0 Å². The Hall–Kier alpha value is -1.06. The maximum atomic E-state index is 12.7. The molecule has 0 aromatic rings. The molecular formula is C20H33NO3. The van der Waals surface area contributed by atoms with Gasteiger partial charge in [-0.2, -0.15) is 0 Å². The first kappa shape index (κ1) is 17.8. The smallest absolute Gasteiger partial charge is 0.311 e.